The van der Waals surface area contributed by atoms with E-state index in [9.17, 15) is 4.39 Å². The highest BCUT2D eigenvalue weighted by molar-refractivity contribution is 5.76. The molecule has 3 rings (SSSR count). The van der Waals surface area contributed by atoms with Crippen molar-refractivity contribution < 1.29 is 4.39 Å². The van der Waals surface area contributed by atoms with Crippen LogP contribution in [0.5, 0.6) is 0 Å². The number of rotatable bonds is 6. The fraction of sp³-hybridized carbons (Fsp3) is 0.269. The Morgan fingerprint density at radius 2 is 1.69 bits per heavy atom. The number of pyridine rings is 1. The Morgan fingerprint density at radius 3 is 2.31 bits per heavy atom. The van der Waals surface area contributed by atoms with Gasteiger partial charge < -0.3 is 5.32 Å². The molecule has 0 saturated heterocycles. The zero-order chi connectivity index (χ0) is 21.0. The Hall–Kier alpha value is -2.94. The van der Waals surface area contributed by atoms with Crippen LogP contribution >= 0.6 is 0 Å². The van der Waals surface area contributed by atoms with Crippen LogP contribution in [0.4, 0.5) is 10.2 Å². The van der Waals surface area contributed by atoms with Gasteiger partial charge in [0.15, 0.2) is 0 Å². The van der Waals surface area contributed by atoms with Gasteiger partial charge in [-0.25, -0.2) is 9.37 Å². The van der Waals surface area contributed by atoms with Crippen LogP contribution in [0.2, 0.25) is 0 Å². The lowest BCUT2D eigenvalue weighted by molar-refractivity contribution is 0.629. The van der Waals surface area contributed by atoms with Gasteiger partial charge in [-0.2, -0.15) is 0 Å². The third-order valence-electron chi connectivity index (χ3n) is 5.17. The van der Waals surface area contributed by atoms with Gasteiger partial charge in [-0.15, -0.1) is 0 Å². The summed E-state index contributed by atoms with van der Waals surface area (Å²) in [7, 11) is 0. The van der Waals surface area contributed by atoms with Gasteiger partial charge in [0, 0.05) is 23.9 Å². The van der Waals surface area contributed by atoms with E-state index in [4.69, 9.17) is 0 Å². The highest BCUT2D eigenvalue weighted by atomic mass is 19.1. The second-order valence-corrected chi connectivity index (χ2v) is 7.74. The third-order valence-corrected chi connectivity index (χ3v) is 5.17. The summed E-state index contributed by atoms with van der Waals surface area (Å²) in [5.74, 6) is 0.698. The smallest absolute Gasteiger partial charge is 0.131 e. The van der Waals surface area contributed by atoms with Gasteiger partial charge in [-0.1, -0.05) is 42.8 Å². The number of anilines is 1. The van der Waals surface area contributed by atoms with E-state index in [0.29, 0.717) is 5.56 Å². The van der Waals surface area contributed by atoms with Crippen LogP contribution in [-0.2, 0) is 6.42 Å². The van der Waals surface area contributed by atoms with Crippen LogP contribution in [0.3, 0.4) is 0 Å². The maximum absolute atomic E-state index is 14.6. The Balaban J connectivity index is 1.89. The van der Waals surface area contributed by atoms with Gasteiger partial charge in [-0.3, -0.25) is 0 Å². The molecule has 1 heterocycles. The molecule has 0 atom stereocenters. The summed E-state index contributed by atoms with van der Waals surface area (Å²) in [6, 6.07) is 13.8. The fourth-order valence-corrected chi connectivity index (χ4v) is 3.43. The van der Waals surface area contributed by atoms with Crippen molar-refractivity contribution in [1.82, 2.24) is 4.98 Å². The van der Waals surface area contributed by atoms with Crippen molar-refractivity contribution in [2.24, 2.45) is 0 Å². The van der Waals surface area contributed by atoms with Gasteiger partial charge >= 0.3 is 0 Å². The number of aryl methyl sites for hydroxylation is 3. The lowest BCUT2D eigenvalue weighted by Crippen LogP contribution is -2.01. The van der Waals surface area contributed by atoms with E-state index in [2.05, 4.69) is 55.3 Å². The molecule has 2 aromatic carbocycles. The molecule has 3 heteroatoms. The zero-order valence-corrected chi connectivity index (χ0v) is 17.9. The highest BCUT2D eigenvalue weighted by Crippen LogP contribution is 2.33. The van der Waals surface area contributed by atoms with Crippen LogP contribution in [0.15, 0.2) is 60.3 Å². The predicted octanol–water partition coefficient (Wildman–Crippen LogP) is 7.11. The summed E-state index contributed by atoms with van der Waals surface area (Å²) in [6.07, 6.45) is 4.86. The second kappa shape index (κ2) is 9.04. The molecule has 2 nitrogen and oxygen atoms in total. The highest BCUT2D eigenvalue weighted by Gasteiger charge is 2.12. The number of nitrogens with zero attached hydrogens (tertiary/aromatic N) is 1. The van der Waals surface area contributed by atoms with Crippen LogP contribution in [-0.4, -0.2) is 11.5 Å². The minimum Gasteiger partial charge on any atom is -0.367 e. The average molecular weight is 389 g/mol. The first kappa shape index (κ1) is 20.8. The molecular weight excluding hydrogens is 359 g/mol. The van der Waals surface area contributed by atoms with E-state index >= 15 is 0 Å². The van der Waals surface area contributed by atoms with Crippen molar-refractivity contribution in [3.05, 3.63) is 82.8 Å². The molecule has 0 spiro atoms. The predicted molar refractivity (Wildman–Crippen MR) is 122 cm³/mol. The molecule has 29 heavy (non-hydrogen) atoms. The summed E-state index contributed by atoms with van der Waals surface area (Å²) in [6.45, 7) is 11.1. The molecule has 0 fully saturated rings. The first-order valence-electron chi connectivity index (χ1n) is 10.1. The molecule has 0 saturated carbocycles. The molecule has 0 aliphatic heterocycles. The Morgan fingerprint density at radius 1 is 0.966 bits per heavy atom. The monoisotopic (exact) mass is 388 g/mol. The summed E-state index contributed by atoms with van der Waals surface area (Å²) in [5, 5.41) is 3.30. The molecule has 0 aliphatic rings. The quantitative estimate of drug-likeness (QED) is 0.455. The van der Waals surface area contributed by atoms with Crippen LogP contribution < -0.4 is 5.32 Å². The van der Waals surface area contributed by atoms with Gasteiger partial charge in [-0.05, 0) is 80.1 Å². The maximum Gasteiger partial charge on any atom is 0.131 e. The second-order valence-electron chi connectivity index (χ2n) is 7.74. The van der Waals surface area contributed by atoms with E-state index in [1.165, 1.54) is 5.57 Å². The number of aromatic nitrogens is 1. The summed E-state index contributed by atoms with van der Waals surface area (Å²) < 4.78 is 14.6. The van der Waals surface area contributed by atoms with E-state index in [1.54, 1.807) is 6.07 Å². The topological polar surface area (TPSA) is 24.9 Å². The molecule has 3 aromatic rings. The van der Waals surface area contributed by atoms with Gasteiger partial charge in [0.25, 0.3) is 0 Å². The Labute approximate surface area is 173 Å². The van der Waals surface area contributed by atoms with Crippen molar-refractivity contribution in [2.75, 3.05) is 11.9 Å². The van der Waals surface area contributed by atoms with Crippen molar-refractivity contribution in [1.29, 1.82) is 0 Å². The molecule has 0 bridgehead atoms. The van der Waals surface area contributed by atoms with Crippen molar-refractivity contribution in [3.8, 4) is 22.3 Å². The standard InChI is InChI=1S/C26H29FN2/c1-6-20-7-9-22(25(27)15-20)24-14-18(4)23(13-19(24)5)21-8-10-26(29-16-21)28-12-11-17(2)3/h7-11,13-16H,6,12H2,1-5H3,(H,28,29). The van der Waals surface area contributed by atoms with Crippen LogP contribution in [0.1, 0.15) is 37.5 Å². The van der Waals surface area contributed by atoms with Crippen molar-refractivity contribution in [2.45, 2.75) is 41.0 Å². The van der Waals surface area contributed by atoms with E-state index in [1.807, 2.05) is 38.2 Å². The number of halogens is 1. The molecule has 1 N–H and O–H groups in total. The summed E-state index contributed by atoms with van der Waals surface area (Å²) in [4.78, 5) is 4.54. The molecule has 1 aromatic heterocycles. The molecule has 0 unspecified atom stereocenters. The number of allylic oxidation sites excluding steroid dienone is 1. The molecular formula is C26H29FN2. The van der Waals surface area contributed by atoms with Gasteiger partial charge in [0.2, 0.25) is 0 Å². The maximum atomic E-state index is 14.6. The zero-order valence-electron chi connectivity index (χ0n) is 17.9. The molecule has 0 amide bonds. The first-order chi connectivity index (χ1) is 13.9. The van der Waals surface area contributed by atoms with E-state index in [-0.39, 0.29) is 5.82 Å². The lowest BCUT2D eigenvalue weighted by atomic mass is 9.91. The van der Waals surface area contributed by atoms with Crippen molar-refractivity contribution >= 4 is 5.82 Å². The third kappa shape index (κ3) is 4.92. The number of hydrogen-bond donors (Lipinski definition) is 1. The largest absolute Gasteiger partial charge is 0.367 e. The number of benzene rings is 2. The lowest BCUT2D eigenvalue weighted by Gasteiger charge is -2.14. The molecule has 0 radical (unpaired) electrons. The minimum atomic E-state index is -0.159. The Kier molecular flexibility index (Phi) is 6.48. The number of nitrogens with one attached hydrogen (secondary N) is 1. The van der Waals surface area contributed by atoms with Gasteiger partial charge in [0.1, 0.15) is 11.6 Å². The van der Waals surface area contributed by atoms with Crippen molar-refractivity contribution in [3.63, 3.8) is 0 Å². The minimum absolute atomic E-state index is 0.159. The van der Waals surface area contributed by atoms with Crippen LogP contribution in [0.25, 0.3) is 22.3 Å². The normalized spacial score (nSPS) is 10.7. The first-order valence-corrected chi connectivity index (χ1v) is 10.1. The van der Waals surface area contributed by atoms with Crippen LogP contribution in [0, 0.1) is 19.7 Å². The molecule has 0 aliphatic carbocycles. The van der Waals surface area contributed by atoms with E-state index in [0.717, 1.165) is 52.2 Å². The van der Waals surface area contributed by atoms with Gasteiger partial charge in [0.05, 0.1) is 0 Å². The average Bonchev–Trinajstić information content (AvgIpc) is 2.70. The number of hydrogen-bond acceptors (Lipinski definition) is 2. The molecule has 150 valence electrons. The SMILES string of the molecule is CCc1ccc(-c2cc(C)c(-c3ccc(NCC=C(C)C)nc3)cc2C)c(F)c1. The summed E-state index contributed by atoms with van der Waals surface area (Å²) in [5.41, 5.74) is 8.25. The fourth-order valence-electron chi connectivity index (χ4n) is 3.43. The van der Waals surface area contributed by atoms with E-state index < -0.39 is 0 Å². The Bertz CT molecular complexity index is 1030. The summed E-state index contributed by atoms with van der Waals surface area (Å²) >= 11 is 0.